The Morgan fingerprint density at radius 3 is 2.77 bits per heavy atom. The van der Waals surface area contributed by atoms with Gasteiger partial charge in [0.15, 0.2) is 17.0 Å². The fourth-order valence-corrected chi connectivity index (χ4v) is 3.34. The van der Waals surface area contributed by atoms with Crippen LogP contribution in [0.25, 0.3) is 16.9 Å². The van der Waals surface area contributed by atoms with Gasteiger partial charge in [0, 0.05) is 12.5 Å². The molecule has 22 heavy (non-hydrogen) atoms. The summed E-state index contributed by atoms with van der Waals surface area (Å²) in [6.45, 7) is 2.68. The third kappa shape index (κ3) is 1.80. The van der Waals surface area contributed by atoms with E-state index in [4.69, 9.17) is 5.73 Å². The molecule has 0 unspecified atom stereocenters. The van der Waals surface area contributed by atoms with Crippen LogP contribution >= 0.6 is 0 Å². The van der Waals surface area contributed by atoms with Crippen LogP contribution in [0.4, 0.5) is 0 Å². The summed E-state index contributed by atoms with van der Waals surface area (Å²) in [5, 5.41) is 4.39. The van der Waals surface area contributed by atoms with E-state index in [2.05, 4.69) is 20.1 Å². The number of aryl methyl sites for hydroxylation is 1. The number of fused-ring (bicyclic) bond motifs is 3. The molecule has 1 aliphatic rings. The summed E-state index contributed by atoms with van der Waals surface area (Å²) in [5.74, 6) is 2.32. The van der Waals surface area contributed by atoms with Gasteiger partial charge in [0.05, 0.1) is 6.54 Å². The minimum absolute atomic E-state index is 0.0993. The monoisotopic (exact) mass is 301 g/mol. The third-order valence-electron chi connectivity index (χ3n) is 4.48. The first-order valence-corrected chi connectivity index (χ1v) is 7.81. The number of hydrogen-bond donors (Lipinski definition) is 2. The van der Waals surface area contributed by atoms with E-state index in [0.29, 0.717) is 35.2 Å². The van der Waals surface area contributed by atoms with Crippen LogP contribution in [-0.2, 0) is 13.1 Å². The predicted octanol–water partition coefficient (Wildman–Crippen LogP) is 0.903. The second kappa shape index (κ2) is 4.91. The van der Waals surface area contributed by atoms with Gasteiger partial charge >= 0.3 is 0 Å². The van der Waals surface area contributed by atoms with Crippen molar-refractivity contribution in [1.29, 1.82) is 0 Å². The first-order chi connectivity index (χ1) is 10.7. The Balaban J connectivity index is 2.04. The van der Waals surface area contributed by atoms with Crippen molar-refractivity contribution < 1.29 is 0 Å². The predicted molar refractivity (Wildman–Crippen MR) is 81.7 cm³/mol. The molecule has 0 saturated heterocycles. The van der Waals surface area contributed by atoms with E-state index in [9.17, 15) is 4.79 Å². The zero-order valence-corrected chi connectivity index (χ0v) is 12.5. The van der Waals surface area contributed by atoms with E-state index in [1.807, 2.05) is 6.92 Å². The number of rotatable bonds is 3. The van der Waals surface area contributed by atoms with E-state index >= 15 is 0 Å². The molecule has 1 saturated carbocycles. The fourth-order valence-electron chi connectivity index (χ4n) is 3.34. The molecular weight excluding hydrogens is 282 g/mol. The van der Waals surface area contributed by atoms with Crippen LogP contribution in [0.15, 0.2) is 4.79 Å². The van der Waals surface area contributed by atoms with Gasteiger partial charge in [-0.25, -0.2) is 4.98 Å². The normalized spacial score (nSPS) is 16.3. The SMILES string of the molecule is CCn1c(=O)c2[nH]c(C3CCCC3)nc2n2nc(CN)nc12. The van der Waals surface area contributed by atoms with Gasteiger partial charge in [-0.2, -0.15) is 9.50 Å². The van der Waals surface area contributed by atoms with E-state index in [1.165, 1.54) is 12.8 Å². The van der Waals surface area contributed by atoms with Crippen LogP contribution in [0.5, 0.6) is 0 Å². The highest BCUT2D eigenvalue weighted by Gasteiger charge is 2.23. The summed E-state index contributed by atoms with van der Waals surface area (Å²) in [4.78, 5) is 24.9. The van der Waals surface area contributed by atoms with Crippen molar-refractivity contribution >= 4 is 16.9 Å². The van der Waals surface area contributed by atoms with Crippen molar-refractivity contribution in [2.24, 2.45) is 5.73 Å². The molecule has 0 aromatic carbocycles. The third-order valence-corrected chi connectivity index (χ3v) is 4.48. The number of nitrogens with two attached hydrogens (primary N) is 1. The maximum atomic E-state index is 12.7. The van der Waals surface area contributed by atoms with Crippen molar-refractivity contribution in [3.8, 4) is 0 Å². The molecule has 0 aliphatic heterocycles. The van der Waals surface area contributed by atoms with Gasteiger partial charge in [0.1, 0.15) is 5.82 Å². The summed E-state index contributed by atoms with van der Waals surface area (Å²) in [7, 11) is 0. The largest absolute Gasteiger partial charge is 0.336 e. The number of aromatic amines is 1. The van der Waals surface area contributed by atoms with Gasteiger partial charge in [0.25, 0.3) is 5.56 Å². The lowest BCUT2D eigenvalue weighted by Crippen LogP contribution is -2.22. The van der Waals surface area contributed by atoms with Crippen molar-refractivity contribution in [2.45, 2.75) is 51.6 Å². The summed E-state index contributed by atoms with van der Waals surface area (Å²) in [5.41, 5.74) is 6.60. The molecule has 1 aliphatic carbocycles. The van der Waals surface area contributed by atoms with Crippen molar-refractivity contribution in [3.63, 3.8) is 0 Å². The molecule has 0 radical (unpaired) electrons. The number of imidazole rings is 1. The van der Waals surface area contributed by atoms with Crippen LogP contribution < -0.4 is 11.3 Å². The molecule has 0 spiro atoms. The smallest absolute Gasteiger partial charge is 0.281 e. The Morgan fingerprint density at radius 1 is 1.32 bits per heavy atom. The zero-order chi connectivity index (χ0) is 15.3. The second-order valence-corrected chi connectivity index (χ2v) is 5.80. The molecule has 3 aromatic heterocycles. The van der Waals surface area contributed by atoms with Gasteiger partial charge in [-0.1, -0.05) is 12.8 Å². The molecule has 0 amide bonds. The van der Waals surface area contributed by atoms with E-state index in [0.717, 1.165) is 18.7 Å². The van der Waals surface area contributed by atoms with Crippen molar-refractivity contribution in [1.82, 2.24) is 29.1 Å². The highest BCUT2D eigenvalue weighted by Crippen LogP contribution is 2.32. The van der Waals surface area contributed by atoms with E-state index in [-0.39, 0.29) is 12.1 Å². The molecule has 3 N–H and O–H groups in total. The first-order valence-electron chi connectivity index (χ1n) is 7.81. The standard InChI is InChI=1S/C14H19N7O/c1-2-20-13(22)10-12(21-14(20)16-9(7-15)19-21)18-11(17-10)8-5-3-4-6-8/h8H,2-7,15H2,1H3,(H,17,18). The number of aromatic nitrogens is 6. The number of nitrogens with zero attached hydrogens (tertiary/aromatic N) is 5. The quantitative estimate of drug-likeness (QED) is 0.747. The number of hydrogen-bond acceptors (Lipinski definition) is 5. The van der Waals surface area contributed by atoms with Crippen molar-refractivity contribution in [2.75, 3.05) is 0 Å². The highest BCUT2D eigenvalue weighted by atomic mass is 16.1. The van der Waals surface area contributed by atoms with Gasteiger partial charge < -0.3 is 10.7 Å². The van der Waals surface area contributed by atoms with Crippen molar-refractivity contribution in [3.05, 3.63) is 22.0 Å². The maximum Gasteiger partial charge on any atom is 0.281 e. The molecule has 8 heteroatoms. The fraction of sp³-hybridized carbons (Fsp3) is 0.571. The Bertz CT molecular complexity index is 897. The topological polar surface area (TPSA) is 107 Å². The lowest BCUT2D eigenvalue weighted by atomic mass is 10.1. The molecule has 1 fully saturated rings. The Morgan fingerprint density at radius 2 is 2.09 bits per heavy atom. The Hall–Kier alpha value is -2.22. The zero-order valence-electron chi connectivity index (χ0n) is 12.5. The summed E-state index contributed by atoms with van der Waals surface area (Å²) < 4.78 is 3.24. The molecule has 0 atom stereocenters. The molecular formula is C14H19N7O. The van der Waals surface area contributed by atoms with E-state index in [1.54, 1.807) is 9.08 Å². The molecule has 3 aromatic rings. The molecule has 8 nitrogen and oxygen atoms in total. The number of nitrogens with one attached hydrogen (secondary N) is 1. The average molecular weight is 301 g/mol. The van der Waals surface area contributed by atoms with Crippen LogP contribution in [0.2, 0.25) is 0 Å². The molecule has 0 bridgehead atoms. The lowest BCUT2D eigenvalue weighted by molar-refractivity contribution is 0.680. The summed E-state index contributed by atoms with van der Waals surface area (Å²) in [6.07, 6.45) is 4.68. The molecule has 116 valence electrons. The Labute approximate surface area is 126 Å². The van der Waals surface area contributed by atoms with Crippen LogP contribution in [0, 0.1) is 0 Å². The second-order valence-electron chi connectivity index (χ2n) is 5.80. The van der Waals surface area contributed by atoms with Gasteiger partial charge in [0.2, 0.25) is 5.78 Å². The Kier molecular flexibility index (Phi) is 3.00. The maximum absolute atomic E-state index is 12.7. The number of H-pyrrole nitrogens is 1. The lowest BCUT2D eigenvalue weighted by Gasteiger charge is -2.02. The summed E-state index contributed by atoms with van der Waals surface area (Å²) >= 11 is 0. The van der Waals surface area contributed by atoms with Gasteiger partial charge in [-0.3, -0.25) is 9.36 Å². The molecule has 3 heterocycles. The first kappa shape index (κ1) is 13.4. The highest BCUT2D eigenvalue weighted by molar-refractivity contribution is 5.72. The minimum Gasteiger partial charge on any atom is -0.336 e. The minimum atomic E-state index is -0.0993. The average Bonchev–Trinajstić information content (AvgIpc) is 3.25. The van der Waals surface area contributed by atoms with Crippen LogP contribution in [0.3, 0.4) is 0 Å². The molecule has 4 rings (SSSR count). The summed E-state index contributed by atoms with van der Waals surface area (Å²) in [6, 6.07) is 0. The van der Waals surface area contributed by atoms with Crippen LogP contribution in [-0.4, -0.2) is 29.1 Å². The van der Waals surface area contributed by atoms with Gasteiger partial charge in [-0.15, -0.1) is 5.10 Å². The van der Waals surface area contributed by atoms with Gasteiger partial charge in [-0.05, 0) is 19.8 Å². The van der Waals surface area contributed by atoms with Crippen LogP contribution in [0.1, 0.15) is 50.2 Å². The van der Waals surface area contributed by atoms with E-state index < -0.39 is 0 Å².